The number of nitrogens with zero attached hydrogens (tertiary/aromatic N) is 1. The molecule has 0 N–H and O–H groups in total. The van der Waals surface area contributed by atoms with E-state index in [9.17, 15) is 0 Å². The van der Waals surface area contributed by atoms with E-state index < -0.39 is 0 Å². The number of rotatable bonds is 4. The van der Waals surface area contributed by atoms with Crippen molar-refractivity contribution >= 4 is 0 Å². The Balaban J connectivity index is 0.00000144. The molecule has 13 heavy (non-hydrogen) atoms. The monoisotopic (exact) mass is 183 g/mol. The van der Waals surface area contributed by atoms with Gasteiger partial charge in [0.05, 0.1) is 0 Å². The van der Waals surface area contributed by atoms with Crippen molar-refractivity contribution in [3.05, 3.63) is 30.1 Å². The average molecular weight is 183 g/mol. The molecule has 0 saturated heterocycles. The number of aryl methyl sites for hydroxylation is 2. The summed E-state index contributed by atoms with van der Waals surface area (Å²) in [5, 5.41) is 0. The molecule has 74 valence electrons. The van der Waals surface area contributed by atoms with Crippen LogP contribution in [-0.4, -0.2) is 0 Å². The van der Waals surface area contributed by atoms with Crippen molar-refractivity contribution in [2.45, 2.75) is 39.7 Å². The smallest absolute Gasteiger partial charge is 0.181 e. The molecule has 0 bridgehead atoms. The molecule has 0 amide bonds. The Morgan fingerprint density at radius 3 is 2.62 bits per heavy atom. The first kappa shape index (κ1) is 12.1. The SMILES string of the molecule is CCCCc1cccc[n+]1CC.[F-]. The Morgan fingerprint density at radius 1 is 1.23 bits per heavy atom. The van der Waals surface area contributed by atoms with Gasteiger partial charge in [-0.25, -0.2) is 4.57 Å². The molecule has 1 nitrogen and oxygen atoms in total. The van der Waals surface area contributed by atoms with Crippen LogP contribution in [0, 0.1) is 0 Å². The van der Waals surface area contributed by atoms with Crippen molar-refractivity contribution in [1.29, 1.82) is 0 Å². The summed E-state index contributed by atoms with van der Waals surface area (Å²) in [6, 6.07) is 6.44. The minimum Gasteiger partial charge on any atom is -1.00 e. The molecule has 1 rings (SSSR count). The van der Waals surface area contributed by atoms with Crippen molar-refractivity contribution in [2.24, 2.45) is 0 Å². The normalized spacial score (nSPS) is 9.38. The Bertz CT molecular complexity index is 235. The predicted molar refractivity (Wildman–Crippen MR) is 50.9 cm³/mol. The Labute approximate surface area is 79.8 Å². The molecule has 2 heteroatoms. The average Bonchev–Trinajstić information content (AvgIpc) is 2.15. The topological polar surface area (TPSA) is 3.88 Å². The number of unbranched alkanes of at least 4 members (excludes halogenated alkanes) is 1. The molecule has 0 atom stereocenters. The number of hydrogen-bond acceptors (Lipinski definition) is 0. The van der Waals surface area contributed by atoms with Gasteiger partial charge in [0.2, 0.25) is 0 Å². The number of aromatic nitrogens is 1. The fourth-order valence-corrected chi connectivity index (χ4v) is 1.41. The van der Waals surface area contributed by atoms with E-state index in [1.54, 1.807) is 0 Å². The van der Waals surface area contributed by atoms with E-state index in [2.05, 4.69) is 42.8 Å². The fraction of sp³-hybridized carbons (Fsp3) is 0.545. The maximum atomic E-state index is 2.32. The standard InChI is InChI=1S/C11H18N.FH/c1-3-5-8-11-9-6-7-10-12(11)4-2;/h6-7,9-10H,3-5,8H2,1-2H3;1H/q+1;/p-1. The summed E-state index contributed by atoms with van der Waals surface area (Å²) < 4.78 is 2.32. The van der Waals surface area contributed by atoms with Crippen LogP contribution in [0.25, 0.3) is 0 Å². The van der Waals surface area contributed by atoms with E-state index in [0.29, 0.717) is 0 Å². The summed E-state index contributed by atoms with van der Waals surface area (Å²) in [7, 11) is 0. The van der Waals surface area contributed by atoms with Crippen molar-refractivity contribution in [1.82, 2.24) is 0 Å². The van der Waals surface area contributed by atoms with Gasteiger partial charge in [0.25, 0.3) is 0 Å². The molecule has 0 fully saturated rings. The zero-order chi connectivity index (χ0) is 8.81. The third kappa shape index (κ3) is 3.53. The van der Waals surface area contributed by atoms with Gasteiger partial charge in [-0.1, -0.05) is 19.4 Å². The molecule has 0 aliphatic rings. The fourth-order valence-electron chi connectivity index (χ4n) is 1.41. The van der Waals surface area contributed by atoms with Crippen LogP contribution in [0.15, 0.2) is 24.4 Å². The number of pyridine rings is 1. The highest BCUT2D eigenvalue weighted by Gasteiger charge is 2.04. The molecule has 1 aromatic heterocycles. The zero-order valence-electron chi connectivity index (χ0n) is 8.46. The largest absolute Gasteiger partial charge is 1.00 e. The van der Waals surface area contributed by atoms with E-state index >= 15 is 0 Å². The minimum absolute atomic E-state index is 0. The highest BCUT2D eigenvalue weighted by molar-refractivity contribution is 4.97. The number of hydrogen-bond donors (Lipinski definition) is 0. The molecule has 0 radical (unpaired) electrons. The van der Waals surface area contributed by atoms with E-state index in [-0.39, 0.29) is 4.70 Å². The van der Waals surface area contributed by atoms with Gasteiger partial charge in [0.15, 0.2) is 11.9 Å². The molecular formula is C11H18FN. The Hall–Kier alpha value is -0.920. The lowest BCUT2D eigenvalue weighted by Gasteiger charge is -1.99. The second-order valence-electron chi connectivity index (χ2n) is 3.08. The summed E-state index contributed by atoms with van der Waals surface area (Å²) in [5.41, 5.74) is 1.46. The molecule has 0 spiro atoms. The Kier molecular flexibility index (Phi) is 6.11. The highest BCUT2D eigenvalue weighted by atomic mass is 19.0. The lowest BCUT2D eigenvalue weighted by Crippen LogP contribution is -3.00. The molecule has 0 aromatic carbocycles. The van der Waals surface area contributed by atoms with Gasteiger partial charge in [-0.15, -0.1) is 0 Å². The van der Waals surface area contributed by atoms with Crippen LogP contribution in [0.1, 0.15) is 32.4 Å². The van der Waals surface area contributed by atoms with Crippen molar-refractivity contribution in [3.63, 3.8) is 0 Å². The third-order valence-corrected chi connectivity index (χ3v) is 2.16. The molecular weight excluding hydrogens is 165 g/mol. The lowest BCUT2D eigenvalue weighted by molar-refractivity contribution is -0.700. The summed E-state index contributed by atoms with van der Waals surface area (Å²) >= 11 is 0. The van der Waals surface area contributed by atoms with Gasteiger partial charge in [0, 0.05) is 18.6 Å². The van der Waals surface area contributed by atoms with Crippen LogP contribution in [0.2, 0.25) is 0 Å². The van der Waals surface area contributed by atoms with Crippen LogP contribution < -0.4 is 9.27 Å². The quantitative estimate of drug-likeness (QED) is 0.546. The van der Waals surface area contributed by atoms with Gasteiger partial charge in [-0.05, 0) is 13.3 Å². The predicted octanol–water partition coefficient (Wildman–Crippen LogP) is -0.659. The van der Waals surface area contributed by atoms with Crippen molar-refractivity contribution < 1.29 is 9.27 Å². The molecule has 0 saturated carbocycles. The maximum Gasteiger partial charge on any atom is 0.181 e. The summed E-state index contributed by atoms with van der Waals surface area (Å²) in [6.45, 7) is 5.51. The molecule has 0 aliphatic carbocycles. The first-order valence-corrected chi connectivity index (χ1v) is 4.85. The van der Waals surface area contributed by atoms with Gasteiger partial charge >= 0.3 is 0 Å². The second kappa shape index (κ2) is 6.58. The summed E-state index contributed by atoms with van der Waals surface area (Å²) in [5.74, 6) is 0. The van der Waals surface area contributed by atoms with Crippen LogP contribution in [0.3, 0.4) is 0 Å². The van der Waals surface area contributed by atoms with Crippen LogP contribution in [-0.2, 0) is 13.0 Å². The second-order valence-corrected chi connectivity index (χ2v) is 3.08. The zero-order valence-corrected chi connectivity index (χ0v) is 8.46. The van der Waals surface area contributed by atoms with Gasteiger partial charge in [-0.2, -0.15) is 0 Å². The van der Waals surface area contributed by atoms with Crippen LogP contribution >= 0.6 is 0 Å². The number of halogens is 1. The highest BCUT2D eigenvalue weighted by Crippen LogP contribution is 1.98. The summed E-state index contributed by atoms with van der Waals surface area (Å²) in [6.07, 6.45) is 5.94. The summed E-state index contributed by atoms with van der Waals surface area (Å²) in [4.78, 5) is 0. The van der Waals surface area contributed by atoms with E-state index in [1.807, 2.05) is 0 Å². The van der Waals surface area contributed by atoms with Gasteiger partial charge in [0.1, 0.15) is 6.54 Å². The molecule has 1 aromatic rings. The Morgan fingerprint density at radius 2 is 2.00 bits per heavy atom. The van der Waals surface area contributed by atoms with Crippen molar-refractivity contribution in [2.75, 3.05) is 0 Å². The molecule has 1 heterocycles. The van der Waals surface area contributed by atoms with Gasteiger partial charge < -0.3 is 4.70 Å². The first-order valence-electron chi connectivity index (χ1n) is 4.85. The first-order chi connectivity index (χ1) is 5.88. The van der Waals surface area contributed by atoms with Crippen LogP contribution in [0.5, 0.6) is 0 Å². The molecule has 0 unspecified atom stereocenters. The van der Waals surface area contributed by atoms with Crippen LogP contribution in [0.4, 0.5) is 0 Å². The van der Waals surface area contributed by atoms with Gasteiger partial charge in [-0.3, -0.25) is 0 Å². The van der Waals surface area contributed by atoms with E-state index in [1.165, 1.54) is 25.0 Å². The third-order valence-electron chi connectivity index (χ3n) is 2.16. The molecule has 0 aliphatic heterocycles. The maximum absolute atomic E-state index is 2.32. The lowest BCUT2D eigenvalue weighted by atomic mass is 10.2. The van der Waals surface area contributed by atoms with E-state index in [4.69, 9.17) is 0 Å². The minimum atomic E-state index is 0. The van der Waals surface area contributed by atoms with E-state index in [0.717, 1.165) is 6.54 Å². The van der Waals surface area contributed by atoms with Crippen molar-refractivity contribution in [3.8, 4) is 0 Å².